The maximum Gasteiger partial charge on any atom is 0.251 e. The number of aryl methyl sites for hydroxylation is 1. The summed E-state index contributed by atoms with van der Waals surface area (Å²) in [5.74, 6) is 1.35. The molecule has 1 saturated carbocycles. The van der Waals surface area contributed by atoms with E-state index >= 15 is 0 Å². The molecule has 0 saturated heterocycles. The largest absolute Gasteiger partial charge is 0.349 e. The summed E-state index contributed by atoms with van der Waals surface area (Å²) in [4.78, 5) is 21.5. The zero-order valence-corrected chi connectivity index (χ0v) is 16.0. The number of rotatable bonds is 5. The molecule has 1 aliphatic carbocycles. The fourth-order valence-corrected chi connectivity index (χ4v) is 3.58. The lowest BCUT2D eigenvalue weighted by molar-refractivity contribution is 0.0938. The molecule has 0 radical (unpaired) electrons. The van der Waals surface area contributed by atoms with Crippen LogP contribution in [0.5, 0.6) is 0 Å². The molecule has 1 aromatic heterocycles. The van der Waals surface area contributed by atoms with Gasteiger partial charge < -0.3 is 10.6 Å². The minimum absolute atomic E-state index is 0.0151. The Morgan fingerprint density at radius 2 is 1.86 bits per heavy atom. The van der Waals surface area contributed by atoms with Gasteiger partial charge in [0.2, 0.25) is 0 Å². The van der Waals surface area contributed by atoms with E-state index in [1.165, 1.54) is 18.4 Å². The van der Waals surface area contributed by atoms with Crippen molar-refractivity contribution in [2.45, 2.75) is 38.6 Å². The van der Waals surface area contributed by atoms with Crippen LogP contribution < -0.4 is 10.6 Å². The van der Waals surface area contributed by atoms with Crippen molar-refractivity contribution < 1.29 is 4.79 Å². The van der Waals surface area contributed by atoms with Gasteiger partial charge in [0.15, 0.2) is 5.82 Å². The average molecular weight is 372 g/mol. The number of hydrogen-bond acceptors (Lipinski definition) is 4. The lowest BCUT2D eigenvalue weighted by Crippen LogP contribution is -2.32. The van der Waals surface area contributed by atoms with Gasteiger partial charge in [-0.2, -0.15) is 0 Å². The molecule has 0 aliphatic heterocycles. The smallest absolute Gasteiger partial charge is 0.251 e. The Balaban J connectivity index is 1.50. The number of amides is 1. The maximum atomic E-state index is 12.5. The van der Waals surface area contributed by atoms with Gasteiger partial charge in [0.25, 0.3) is 5.91 Å². The first kappa shape index (κ1) is 18.2. The summed E-state index contributed by atoms with van der Waals surface area (Å²) in [6.45, 7) is 2.05. The van der Waals surface area contributed by atoms with Crippen LogP contribution in [0, 0.1) is 6.92 Å². The van der Waals surface area contributed by atoms with Crippen molar-refractivity contribution in [3.8, 4) is 11.4 Å². The summed E-state index contributed by atoms with van der Waals surface area (Å²) in [6.07, 6.45) is 6.29. The predicted molar refractivity (Wildman–Crippen MR) is 112 cm³/mol. The number of benzene rings is 2. The Hall–Kier alpha value is -3.21. The minimum Gasteiger partial charge on any atom is -0.349 e. The van der Waals surface area contributed by atoms with E-state index in [1.807, 2.05) is 55.5 Å². The van der Waals surface area contributed by atoms with Gasteiger partial charge in [-0.05, 0) is 50.1 Å². The molecule has 4 rings (SSSR count). The molecular weight excluding hydrogens is 348 g/mol. The Bertz CT molecular complexity index is 980. The number of nitrogens with one attached hydrogen (secondary N) is 2. The van der Waals surface area contributed by atoms with E-state index in [2.05, 4.69) is 26.7 Å². The van der Waals surface area contributed by atoms with E-state index in [4.69, 9.17) is 0 Å². The molecule has 5 heteroatoms. The first-order valence-corrected chi connectivity index (χ1v) is 9.75. The number of nitrogens with zero attached hydrogens (tertiary/aromatic N) is 2. The summed E-state index contributed by atoms with van der Waals surface area (Å²) >= 11 is 0. The first-order valence-electron chi connectivity index (χ1n) is 9.75. The second kappa shape index (κ2) is 8.21. The van der Waals surface area contributed by atoms with Crippen molar-refractivity contribution >= 4 is 17.4 Å². The van der Waals surface area contributed by atoms with Crippen LogP contribution in [0.3, 0.4) is 0 Å². The van der Waals surface area contributed by atoms with E-state index in [0.717, 1.165) is 24.1 Å². The highest BCUT2D eigenvalue weighted by molar-refractivity contribution is 5.95. The van der Waals surface area contributed by atoms with Crippen LogP contribution in [0.4, 0.5) is 11.5 Å². The van der Waals surface area contributed by atoms with Gasteiger partial charge in [-0.1, -0.05) is 42.7 Å². The highest BCUT2D eigenvalue weighted by Gasteiger charge is 2.18. The van der Waals surface area contributed by atoms with Crippen LogP contribution in [0.2, 0.25) is 0 Å². The molecule has 1 fully saturated rings. The Morgan fingerprint density at radius 3 is 2.68 bits per heavy atom. The van der Waals surface area contributed by atoms with Crippen molar-refractivity contribution in [1.29, 1.82) is 0 Å². The van der Waals surface area contributed by atoms with E-state index in [9.17, 15) is 4.79 Å². The number of aromatic nitrogens is 2. The lowest BCUT2D eigenvalue weighted by atomic mass is 10.1. The van der Waals surface area contributed by atoms with Crippen LogP contribution in [0.25, 0.3) is 11.4 Å². The molecule has 0 unspecified atom stereocenters. The quantitative estimate of drug-likeness (QED) is 0.671. The zero-order valence-electron chi connectivity index (χ0n) is 16.0. The van der Waals surface area contributed by atoms with Crippen molar-refractivity contribution in [2.75, 3.05) is 5.32 Å². The molecule has 142 valence electrons. The SMILES string of the molecule is Cc1cccc(-c2nccc(Nc3cccc(C(=O)NC4CCCC4)c3)n2)c1. The second-order valence-electron chi connectivity index (χ2n) is 7.30. The third-order valence-corrected chi connectivity index (χ3v) is 5.02. The van der Waals surface area contributed by atoms with Gasteiger partial charge in [0.05, 0.1) is 0 Å². The van der Waals surface area contributed by atoms with Crippen LogP contribution in [-0.4, -0.2) is 21.9 Å². The second-order valence-corrected chi connectivity index (χ2v) is 7.30. The summed E-state index contributed by atoms with van der Waals surface area (Å²) < 4.78 is 0. The molecule has 1 amide bonds. The molecule has 2 aromatic carbocycles. The highest BCUT2D eigenvalue weighted by Crippen LogP contribution is 2.21. The Morgan fingerprint density at radius 1 is 1.04 bits per heavy atom. The monoisotopic (exact) mass is 372 g/mol. The van der Waals surface area contributed by atoms with Gasteiger partial charge in [0.1, 0.15) is 5.82 Å². The molecule has 1 heterocycles. The number of carbonyl (C=O) groups excluding carboxylic acids is 1. The van der Waals surface area contributed by atoms with Crippen molar-refractivity contribution in [3.63, 3.8) is 0 Å². The first-order chi connectivity index (χ1) is 13.7. The molecule has 5 nitrogen and oxygen atoms in total. The van der Waals surface area contributed by atoms with Crippen LogP contribution in [0.1, 0.15) is 41.6 Å². The fourth-order valence-electron chi connectivity index (χ4n) is 3.58. The molecule has 2 N–H and O–H groups in total. The van der Waals surface area contributed by atoms with Crippen LogP contribution in [-0.2, 0) is 0 Å². The van der Waals surface area contributed by atoms with E-state index < -0.39 is 0 Å². The fraction of sp³-hybridized carbons (Fsp3) is 0.261. The van der Waals surface area contributed by atoms with E-state index in [-0.39, 0.29) is 5.91 Å². The van der Waals surface area contributed by atoms with Gasteiger partial charge in [-0.25, -0.2) is 9.97 Å². The summed E-state index contributed by atoms with van der Waals surface area (Å²) in [5, 5.41) is 6.42. The van der Waals surface area contributed by atoms with Crippen molar-refractivity contribution in [3.05, 3.63) is 71.9 Å². The van der Waals surface area contributed by atoms with Gasteiger partial charge >= 0.3 is 0 Å². The van der Waals surface area contributed by atoms with Crippen molar-refractivity contribution in [2.24, 2.45) is 0 Å². The number of hydrogen-bond donors (Lipinski definition) is 2. The molecule has 0 atom stereocenters. The normalized spacial score (nSPS) is 14.0. The highest BCUT2D eigenvalue weighted by atomic mass is 16.1. The molecule has 0 spiro atoms. The van der Waals surface area contributed by atoms with E-state index in [1.54, 1.807) is 6.20 Å². The topological polar surface area (TPSA) is 66.9 Å². The predicted octanol–water partition coefficient (Wildman–Crippen LogP) is 4.87. The Kier molecular flexibility index (Phi) is 5.33. The lowest BCUT2D eigenvalue weighted by Gasteiger charge is -2.13. The molecule has 3 aromatic rings. The van der Waals surface area contributed by atoms with Crippen LogP contribution in [0.15, 0.2) is 60.8 Å². The van der Waals surface area contributed by atoms with Gasteiger partial charge in [-0.3, -0.25) is 4.79 Å². The third kappa shape index (κ3) is 4.36. The zero-order chi connectivity index (χ0) is 19.3. The third-order valence-electron chi connectivity index (χ3n) is 5.02. The Labute approximate surface area is 165 Å². The average Bonchev–Trinajstić information content (AvgIpc) is 3.21. The standard InChI is InChI=1S/C23H24N4O/c1-16-6-4-7-17(14-16)22-24-13-12-21(27-22)25-20-11-5-8-18(15-20)23(28)26-19-9-2-3-10-19/h4-8,11-15,19H,2-3,9-10H2,1H3,(H,26,28)(H,24,25,27). The summed E-state index contributed by atoms with van der Waals surface area (Å²) in [7, 11) is 0. The molecule has 28 heavy (non-hydrogen) atoms. The summed E-state index contributed by atoms with van der Waals surface area (Å²) in [5.41, 5.74) is 3.63. The van der Waals surface area contributed by atoms with Crippen LogP contribution >= 0.6 is 0 Å². The van der Waals surface area contributed by atoms with E-state index in [0.29, 0.717) is 23.2 Å². The molecule has 0 bridgehead atoms. The maximum absolute atomic E-state index is 12.5. The summed E-state index contributed by atoms with van der Waals surface area (Å²) in [6, 6.07) is 17.8. The molecule has 1 aliphatic rings. The van der Waals surface area contributed by atoms with Gasteiger partial charge in [0, 0.05) is 29.1 Å². The minimum atomic E-state index is -0.0151. The van der Waals surface area contributed by atoms with Gasteiger partial charge in [-0.15, -0.1) is 0 Å². The van der Waals surface area contributed by atoms with Crippen molar-refractivity contribution in [1.82, 2.24) is 15.3 Å². The number of carbonyl (C=O) groups is 1. The molecular formula is C23H24N4O. The number of anilines is 2.